The second-order valence-electron chi connectivity index (χ2n) is 5.94. The molecule has 0 saturated carbocycles. The predicted molar refractivity (Wildman–Crippen MR) is 95.9 cm³/mol. The molecule has 8 nitrogen and oxygen atoms in total. The van der Waals surface area contributed by atoms with Gasteiger partial charge in [0.2, 0.25) is 5.95 Å². The fourth-order valence-electron chi connectivity index (χ4n) is 2.75. The summed E-state index contributed by atoms with van der Waals surface area (Å²) >= 11 is 0. The Kier molecular flexibility index (Phi) is 5.37. The van der Waals surface area contributed by atoms with Crippen LogP contribution in [0.4, 0.5) is 11.8 Å². The zero-order chi connectivity index (χ0) is 17.6. The van der Waals surface area contributed by atoms with E-state index in [1.165, 1.54) is 0 Å². The fourth-order valence-corrected chi connectivity index (χ4v) is 2.75. The van der Waals surface area contributed by atoms with Crippen molar-refractivity contribution in [1.29, 1.82) is 0 Å². The Morgan fingerprint density at radius 1 is 1.12 bits per heavy atom. The highest BCUT2D eigenvalue weighted by Gasteiger charge is 2.21. The van der Waals surface area contributed by atoms with Gasteiger partial charge in [0, 0.05) is 51.2 Å². The number of hydrogen-bond acceptors (Lipinski definition) is 7. The first-order valence-corrected chi connectivity index (χ1v) is 8.58. The minimum absolute atomic E-state index is 0.148. The van der Waals surface area contributed by atoms with Crippen molar-refractivity contribution >= 4 is 17.7 Å². The van der Waals surface area contributed by atoms with Crippen LogP contribution in [-0.2, 0) is 0 Å². The summed E-state index contributed by atoms with van der Waals surface area (Å²) in [6.45, 7) is 7.69. The molecule has 132 valence electrons. The van der Waals surface area contributed by atoms with Gasteiger partial charge in [-0.15, -0.1) is 0 Å². The van der Waals surface area contributed by atoms with Gasteiger partial charge in [0.25, 0.3) is 5.91 Å². The zero-order valence-corrected chi connectivity index (χ0v) is 14.6. The molecule has 1 saturated heterocycles. The molecule has 3 heterocycles. The van der Waals surface area contributed by atoms with Crippen molar-refractivity contribution in [3.63, 3.8) is 0 Å². The first-order valence-electron chi connectivity index (χ1n) is 8.58. The SMILES string of the molecule is CCCNC(=O)c1cc(N2CCN(c3ncccn3)CC2)nc(C)n1. The fraction of sp³-hybridized carbons (Fsp3) is 0.471. The number of anilines is 2. The number of carbonyl (C=O) groups is 1. The highest BCUT2D eigenvalue weighted by molar-refractivity contribution is 5.92. The molecule has 1 amide bonds. The summed E-state index contributed by atoms with van der Waals surface area (Å²) in [5, 5.41) is 2.86. The van der Waals surface area contributed by atoms with Crippen LogP contribution in [0.25, 0.3) is 0 Å². The molecule has 0 aromatic carbocycles. The van der Waals surface area contributed by atoms with Gasteiger partial charge in [-0.2, -0.15) is 0 Å². The van der Waals surface area contributed by atoms with Crippen LogP contribution < -0.4 is 15.1 Å². The lowest BCUT2D eigenvalue weighted by Gasteiger charge is -2.35. The molecule has 0 bridgehead atoms. The van der Waals surface area contributed by atoms with Gasteiger partial charge < -0.3 is 15.1 Å². The minimum Gasteiger partial charge on any atom is -0.353 e. The highest BCUT2D eigenvalue weighted by Crippen LogP contribution is 2.17. The molecule has 8 heteroatoms. The van der Waals surface area contributed by atoms with Crippen molar-refractivity contribution in [2.75, 3.05) is 42.5 Å². The summed E-state index contributed by atoms with van der Waals surface area (Å²) in [5.74, 6) is 2.00. The second kappa shape index (κ2) is 7.87. The quantitative estimate of drug-likeness (QED) is 0.869. The molecule has 0 unspecified atom stereocenters. The van der Waals surface area contributed by atoms with E-state index in [4.69, 9.17) is 0 Å². The van der Waals surface area contributed by atoms with Gasteiger partial charge in [0.1, 0.15) is 17.3 Å². The third kappa shape index (κ3) is 4.20. The number of nitrogens with zero attached hydrogens (tertiary/aromatic N) is 6. The average molecular weight is 341 g/mol. The van der Waals surface area contributed by atoms with E-state index in [0.717, 1.165) is 44.4 Å². The molecule has 2 aromatic rings. The largest absolute Gasteiger partial charge is 0.353 e. The molecule has 1 N–H and O–H groups in total. The van der Waals surface area contributed by atoms with Crippen molar-refractivity contribution in [3.8, 4) is 0 Å². The summed E-state index contributed by atoms with van der Waals surface area (Å²) in [6.07, 6.45) is 4.40. The number of carbonyl (C=O) groups excluding carboxylic acids is 1. The molecular formula is C17H23N7O. The Morgan fingerprint density at radius 3 is 2.48 bits per heavy atom. The molecule has 1 fully saturated rings. The lowest BCUT2D eigenvalue weighted by atomic mass is 10.3. The van der Waals surface area contributed by atoms with E-state index in [1.807, 2.05) is 19.9 Å². The number of piperazine rings is 1. The first-order chi connectivity index (χ1) is 12.2. The van der Waals surface area contributed by atoms with Gasteiger partial charge in [-0.3, -0.25) is 4.79 Å². The minimum atomic E-state index is -0.148. The molecule has 0 aliphatic carbocycles. The van der Waals surface area contributed by atoms with Crippen LogP contribution in [0.3, 0.4) is 0 Å². The summed E-state index contributed by atoms with van der Waals surface area (Å²) in [4.78, 5) is 33.9. The van der Waals surface area contributed by atoms with Crippen molar-refractivity contribution in [1.82, 2.24) is 25.3 Å². The third-order valence-electron chi connectivity index (χ3n) is 4.03. The Morgan fingerprint density at radius 2 is 1.80 bits per heavy atom. The van der Waals surface area contributed by atoms with Gasteiger partial charge >= 0.3 is 0 Å². The Hall–Kier alpha value is -2.77. The molecule has 0 spiro atoms. The lowest BCUT2D eigenvalue weighted by Crippen LogP contribution is -2.47. The molecular weight excluding hydrogens is 318 g/mol. The van der Waals surface area contributed by atoms with E-state index in [9.17, 15) is 4.79 Å². The van der Waals surface area contributed by atoms with E-state index >= 15 is 0 Å². The van der Waals surface area contributed by atoms with E-state index in [-0.39, 0.29) is 5.91 Å². The number of rotatable bonds is 5. The first kappa shape index (κ1) is 17.1. The van der Waals surface area contributed by atoms with Gasteiger partial charge in [-0.25, -0.2) is 19.9 Å². The van der Waals surface area contributed by atoms with Crippen molar-refractivity contribution in [2.24, 2.45) is 0 Å². The number of hydrogen-bond donors (Lipinski definition) is 1. The topological polar surface area (TPSA) is 87.1 Å². The van der Waals surface area contributed by atoms with E-state index in [2.05, 4.69) is 35.1 Å². The number of aryl methyl sites for hydroxylation is 1. The second-order valence-corrected chi connectivity index (χ2v) is 5.94. The normalized spacial score (nSPS) is 14.5. The van der Waals surface area contributed by atoms with Gasteiger partial charge in [-0.05, 0) is 19.4 Å². The van der Waals surface area contributed by atoms with Crippen LogP contribution in [0.5, 0.6) is 0 Å². The van der Waals surface area contributed by atoms with Crippen LogP contribution in [0.1, 0.15) is 29.7 Å². The molecule has 0 atom stereocenters. The number of amides is 1. The van der Waals surface area contributed by atoms with E-state index in [0.29, 0.717) is 18.1 Å². The highest BCUT2D eigenvalue weighted by atomic mass is 16.1. The molecule has 1 aliphatic heterocycles. The lowest BCUT2D eigenvalue weighted by molar-refractivity contribution is 0.0948. The van der Waals surface area contributed by atoms with Crippen molar-refractivity contribution in [2.45, 2.75) is 20.3 Å². The van der Waals surface area contributed by atoms with Crippen LogP contribution in [0, 0.1) is 6.92 Å². The standard InChI is InChI=1S/C17H23N7O/c1-3-5-18-16(25)14-12-15(22-13(2)21-14)23-8-10-24(11-9-23)17-19-6-4-7-20-17/h4,6-7,12H,3,5,8-11H2,1-2H3,(H,18,25). The third-order valence-corrected chi connectivity index (χ3v) is 4.03. The van der Waals surface area contributed by atoms with Crippen LogP contribution in [0.15, 0.2) is 24.5 Å². The van der Waals surface area contributed by atoms with Crippen LogP contribution >= 0.6 is 0 Å². The summed E-state index contributed by atoms with van der Waals surface area (Å²) in [6, 6.07) is 3.58. The number of aromatic nitrogens is 4. The van der Waals surface area contributed by atoms with Gasteiger partial charge in [0.15, 0.2) is 0 Å². The van der Waals surface area contributed by atoms with Crippen molar-refractivity contribution < 1.29 is 4.79 Å². The van der Waals surface area contributed by atoms with E-state index < -0.39 is 0 Å². The molecule has 0 radical (unpaired) electrons. The predicted octanol–water partition coefficient (Wildman–Crippen LogP) is 1.04. The monoisotopic (exact) mass is 341 g/mol. The Labute approximate surface area is 147 Å². The molecule has 3 rings (SSSR count). The van der Waals surface area contributed by atoms with Gasteiger partial charge in [0.05, 0.1) is 0 Å². The molecule has 25 heavy (non-hydrogen) atoms. The smallest absolute Gasteiger partial charge is 0.270 e. The van der Waals surface area contributed by atoms with Gasteiger partial charge in [-0.1, -0.05) is 6.92 Å². The molecule has 2 aromatic heterocycles. The average Bonchev–Trinajstić information content (AvgIpc) is 2.66. The maximum absolute atomic E-state index is 12.2. The van der Waals surface area contributed by atoms with Crippen LogP contribution in [0.2, 0.25) is 0 Å². The Balaban J connectivity index is 1.68. The maximum Gasteiger partial charge on any atom is 0.270 e. The molecule has 1 aliphatic rings. The maximum atomic E-state index is 12.2. The summed E-state index contributed by atoms with van der Waals surface area (Å²) in [7, 11) is 0. The van der Waals surface area contributed by atoms with Crippen LogP contribution in [-0.4, -0.2) is 58.6 Å². The van der Waals surface area contributed by atoms with E-state index in [1.54, 1.807) is 18.5 Å². The number of nitrogens with one attached hydrogen (secondary N) is 1. The summed E-state index contributed by atoms with van der Waals surface area (Å²) < 4.78 is 0. The zero-order valence-electron chi connectivity index (χ0n) is 14.6. The van der Waals surface area contributed by atoms with Crippen molar-refractivity contribution in [3.05, 3.63) is 36.0 Å². The summed E-state index contributed by atoms with van der Waals surface area (Å²) in [5.41, 5.74) is 0.421. The Bertz CT molecular complexity index is 714.